The van der Waals surface area contributed by atoms with Crippen LogP contribution in [-0.2, 0) is 6.18 Å². The summed E-state index contributed by atoms with van der Waals surface area (Å²) in [7, 11) is 0. The molecule has 19 heavy (non-hydrogen) atoms. The zero-order chi connectivity index (χ0) is 14.0. The van der Waals surface area contributed by atoms with Gasteiger partial charge < -0.3 is 5.73 Å². The minimum Gasteiger partial charge on any atom is -0.329 e. The second-order valence-electron chi connectivity index (χ2n) is 4.93. The second kappa shape index (κ2) is 5.51. The van der Waals surface area contributed by atoms with E-state index in [1.54, 1.807) is 12.1 Å². The third-order valence-corrected chi connectivity index (χ3v) is 3.63. The Morgan fingerprint density at radius 2 is 1.84 bits per heavy atom. The van der Waals surface area contributed by atoms with Crippen molar-refractivity contribution in [3.8, 4) is 0 Å². The van der Waals surface area contributed by atoms with Crippen molar-refractivity contribution in [2.24, 2.45) is 5.73 Å². The molecule has 1 aromatic rings. The maximum Gasteiger partial charge on any atom is 0.416 e. The average molecular weight is 272 g/mol. The molecule has 106 valence electrons. The van der Waals surface area contributed by atoms with Crippen LogP contribution < -0.4 is 5.73 Å². The van der Waals surface area contributed by atoms with Crippen LogP contribution in [-0.4, -0.2) is 24.0 Å². The number of benzene rings is 1. The van der Waals surface area contributed by atoms with Gasteiger partial charge in [0.05, 0.1) is 5.56 Å². The van der Waals surface area contributed by atoms with Crippen molar-refractivity contribution >= 4 is 0 Å². The lowest BCUT2D eigenvalue weighted by Gasteiger charge is -2.30. The Hall–Kier alpha value is -1.07. The Morgan fingerprint density at radius 1 is 1.26 bits per heavy atom. The van der Waals surface area contributed by atoms with Crippen LogP contribution in [0.5, 0.6) is 0 Å². The summed E-state index contributed by atoms with van der Waals surface area (Å²) < 4.78 is 37.6. The van der Waals surface area contributed by atoms with Gasteiger partial charge in [-0.1, -0.05) is 19.1 Å². The molecule has 1 fully saturated rings. The number of nitrogens with two attached hydrogens (primary N) is 1. The molecule has 0 saturated heterocycles. The highest BCUT2D eigenvalue weighted by Crippen LogP contribution is 2.35. The van der Waals surface area contributed by atoms with E-state index in [-0.39, 0.29) is 6.04 Å². The van der Waals surface area contributed by atoms with Crippen LogP contribution in [0.25, 0.3) is 0 Å². The topological polar surface area (TPSA) is 29.3 Å². The molecule has 0 aliphatic heterocycles. The standard InChI is InChI=1S/C14H19F3N2/c1-2-19(12-7-8-12)13(9-18)10-3-5-11(6-4-10)14(15,16)17/h3-6,12-13H,2,7-9,18H2,1H3. The summed E-state index contributed by atoms with van der Waals surface area (Å²) in [5.41, 5.74) is 6.06. The number of likely N-dealkylation sites (N-methyl/N-ethyl adjacent to an activating group) is 1. The van der Waals surface area contributed by atoms with Gasteiger partial charge in [0.2, 0.25) is 0 Å². The fourth-order valence-corrected chi connectivity index (χ4v) is 2.50. The largest absolute Gasteiger partial charge is 0.416 e. The van der Waals surface area contributed by atoms with Gasteiger partial charge in [-0.2, -0.15) is 13.2 Å². The van der Waals surface area contributed by atoms with Gasteiger partial charge in [0.15, 0.2) is 0 Å². The third-order valence-electron chi connectivity index (χ3n) is 3.63. The highest BCUT2D eigenvalue weighted by molar-refractivity contribution is 5.27. The summed E-state index contributed by atoms with van der Waals surface area (Å²) in [5, 5.41) is 0. The van der Waals surface area contributed by atoms with Gasteiger partial charge in [-0.05, 0) is 37.1 Å². The molecule has 1 aliphatic carbocycles. The average Bonchev–Trinajstić information content (AvgIpc) is 3.19. The van der Waals surface area contributed by atoms with Gasteiger partial charge in [-0.15, -0.1) is 0 Å². The highest BCUT2D eigenvalue weighted by atomic mass is 19.4. The number of hydrogen-bond donors (Lipinski definition) is 1. The van der Waals surface area contributed by atoms with Crippen LogP contribution in [0, 0.1) is 0 Å². The molecule has 5 heteroatoms. The summed E-state index contributed by atoms with van der Waals surface area (Å²) in [6.07, 6.45) is -1.96. The molecule has 0 bridgehead atoms. The molecule has 2 nitrogen and oxygen atoms in total. The number of nitrogens with zero attached hydrogens (tertiary/aromatic N) is 1. The van der Waals surface area contributed by atoms with E-state index >= 15 is 0 Å². The Kier molecular flexibility index (Phi) is 4.16. The minimum atomic E-state index is -4.28. The first-order chi connectivity index (χ1) is 8.97. The van der Waals surface area contributed by atoms with Gasteiger partial charge in [0.1, 0.15) is 0 Å². The normalized spacial score (nSPS) is 17.8. The zero-order valence-corrected chi connectivity index (χ0v) is 11.0. The summed E-state index contributed by atoms with van der Waals surface area (Å²) in [4.78, 5) is 2.28. The van der Waals surface area contributed by atoms with Crippen molar-refractivity contribution in [3.63, 3.8) is 0 Å². The first kappa shape index (κ1) is 14.3. The predicted molar refractivity (Wildman–Crippen MR) is 68.6 cm³/mol. The van der Waals surface area contributed by atoms with Gasteiger partial charge >= 0.3 is 6.18 Å². The maximum absolute atomic E-state index is 12.5. The van der Waals surface area contributed by atoms with Gasteiger partial charge in [0.25, 0.3) is 0 Å². The molecule has 0 spiro atoms. The second-order valence-corrected chi connectivity index (χ2v) is 4.93. The Balaban J connectivity index is 2.18. The Bertz CT molecular complexity index is 410. The highest BCUT2D eigenvalue weighted by Gasteiger charge is 2.34. The molecular formula is C14H19F3N2. The van der Waals surface area contributed by atoms with Crippen molar-refractivity contribution in [3.05, 3.63) is 35.4 Å². The van der Waals surface area contributed by atoms with Crippen LogP contribution in [0.3, 0.4) is 0 Å². The van der Waals surface area contributed by atoms with Gasteiger partial charge in [-0.3, -0.25) is 4.90 Å². The summed E-state index contributed by atoms with van der Waals surface area (Å²) in [6.45, 7) is 3.36. The van der Waals surface area contributed by atoms with Gasteiger partial charge in [0, 0.05) is 18.6 Å². The third kappa shape index (κ3) is 3.28. The number of alkyl halides is 3. The molecule has 0 amide bonds. The van der Waals surface area contributed by atoms with E-state index in [1.807, 2.05) is 0 Å². The van der Waals surface area contributed by atoms with Crippen LogP contribution in [0.4, 0.5) is 13.2 Å². The van der Waals surface area contributed by atoms with E-state index in [0.717, 1.165) is 37.1 Å². The Morgan fingerprint density at radius 3 is 2.21 bits per heavy atom. The van der Waals surface area contributed by atoms with E-state index in [2.05, 4.69) is 11.8 Å². The van der Waals surface area contributed by atoms with Crippen LogP contribution in [0.2, 0.25) is 0 Å². The first-order valence-electron chi connectivity index (χ1n) is 6.60. The van der Waals surface area contributed by atoms with Crippen molar-refractivity contribution in [1.82, 2.24) is 4.90 Å². The summed E-state index contributed by atoms with van der Waals surface area (Å²) >= 11 is 0. The van der Waals surface area contributed by atoms with E-state index in [1.165, 1.54) is 0 Å². The van der Waals surface area contributed by atoms with E-state index < -0.39 is 11.7 Å². The Labute approximate surface area is 111 Å². The number of rotatable bonds is 5. The molecule has 1 aliphatic rings. The lowest BCUT2D eigenvalue weighted by molar-refractivity contribution is -0.137. The molecule has 0 radical (unpaired) electrons. The van der Waals surface area contributed by atoms with E-state index in [9.17, 15) is 13.2 Å². The van der Waals surface area contributed by atoms with Crippen LogP contribution in [0.1, 0.15) is 36.9 Å². The lowest BCUT2D eigenvalue weighted by atomic mass is 10.0. The number of halogens is 3. The van der Waals surface area contributed by atoms with E-state index in [4.69, 9.17) is 5.73 Å². The lowest BCUT2D eigenvalue weighted by Crippen LogP contribution is -2.35. The van der Waals surface area contributed by atoms with Crippen molar-refractivity contribution in [2.45, 2.75) is 38.0 Å². The first-order valence-corrected chi connectivity index (χ1v) is 6.60. The van der Waals surface area contributed by atoms with Gasteiger partial charge in [-0.25, -0.2) is 0 Å². The molecular weight excluding hydrogens is 253 g/mol. The van der Waals surface area contributed by atoms with Crippen LogP contribution in [0.15, 0.2) is 24.3 Å². The molecule has 2 rings (SSSR count). The monoisotopic (exact) mass is 272 g/mol. The summed E-state index contributed by atoms with van der Waals surface area (Å²) in [5.74, 6) is 0. The van der Waals surface area contributed by atoms with Crippen molar-refractivity contribution in [2.75, 3.05) is 13.1 Å². The van der Waals surface area contributed by atoms with Crippen molar-refractivity contribution in [1.29, 1.82) is 0 Å². The van der Waals surface area contributed by atoms with E-state index in [0.29, 0.717) is 12.6 Å². The molecule has 0 aromatic heterocycles. The summed E-state index contributed by atoms with van der Waals surface area (Å²) in [6, 6.07) is 5.93. The fraction of sp³-hybridized carbons (Fsp3) is 0.571. The quantitative estimate of drug-likeness (QED) is 0.892. The molecule has 1 atom stereocenters. The predicted octanol–water partition coefficient (Wildman–Crippen LogP) is 3.19. The zero-order valence-electron chi connectivity index (χ0n) is 11.0. The molecule has 0 heterocycles. The van der Waals surface area contributed by atoms with Crippen LogP contribution >= 0.6 is 0 Å². The maximum atomic E-state index is 12.5. The van der Waals surface area contributed by atoms with Crippen molar-refractivity contribution < 1.29 is 13.2 Å². The minimum absolute atomic E-state index is 0.0137. The SMILES string of the molecule is CCN(C1CC1)C(CN)c1ccc(C(F)(F)F)cc1. The number of hydrogen-bond acceptors (Lipinski definition) is 2. The molecule has 1 saturated carbocycles. The molecule has 1 aromatic carbocycles. The fourth-order valence-electron chi connectivity index (χ4n) is 2.50. The molecule has 1 unspecified atom stereocenters. The smallest absolute Gasteiger partial charge is 0.329 e. The molecule has 2 N–H and O–H groups in total.